The fourth-order valence-electron chi connectivity index (χ4n) is 5.10. The highest BCUT2D eigenvalue weighted by molar-refractivity contribution is 9.10. The summed E-state index contributed by atoms with van der Waals surface area (Å²) in [5.41, 5.74) is 0. The van der Waals surface area contributed by atoms with E-state index in [0.717, 1.165) is 42.2 Å². The molecule has 0 unspecified atom stereocenters. The number of likely N-dealkylation sites (tertiary alicyclic amines) is 1. The van der Waals surface area contributed by atoms with Crippen molar-refractivity contribution in [3.8, 4) is 5.75 Å². The number of aryl methyl sites for hydroxylation is 1. The quantitative estimate of drug-likeness (QED) is 0.494. The largest absolute Gasteiger partial charge is 0.490 e. The lowest BCUT2D eigenvalue weighted by molar-refractivity contribution is -0.140. The summed E-state index contributed by atoms with van der Waals surface area (Å²) in [4.78, 5) is 37.0. The summed E-state index contributed by atoms with van der Waals surface area (Å²) in [6.07, 6.45) is 5.16. The highest BCUT2D eigenvalue weighted by Gasteiger charge is 2.35. The fraction of sp³-hybridized carbons (Fsp3) is 0.593. The van der Waals surface area contributed by atoms with Gasteiger partial charge in [0.2, 0.25) is 11.8 Å². The number of amides is 2. The molecule has 8 nitrogen and oxygen atoms in total. The number of hydrogen-bond donors (Lipinski definition) is 0. The van der Waals surface area contributed by atoms with Crippen molar-refractivity contribution in [3.63, 3.8) is 0 Å². The van der Waals surface area contributed by atoms with Crippen molar-refractivity contribution in [1.29, 1.82) is 0 Å². The lowest BCUT2D eigenvalue weighted by atomic mass is 9.90. The minimum atomic E-state index is -0.110. The molecule has 0 saturated carbocycles. The van der Waals surface area contributed by atoms with E-state index < -0.39 is 0 Å². The van der Waals surface area contributed by atoms with Crippen molar-refractivity contribution < 1.29 is 14.3 Å². The van der Waals surface area contributed by atoms with Crippen LogP contribution in [0.4, 0.5) is 0 Å². The number of piperazine rings is 1. The molecule has 0 bridgehead atoms. The molecule has 4 rings (SSSR count). The predicted octanol–water partition coefficient (Wildman–Crippen LogP) is 3.62. The monoisotopic (exact) mass is 559 g/mol. The van der Waals surface area contributed by atoms with Crippen LogP contribution in [-0.2, 0) is 16.1 Å². The number of carbonyl (C=O) groups excluding carboxylic acids is 2. The average Bonchev–Trinajstić information content (AvgIpc) is 3.33. The second-order valence-electron chi connectivity index (χ2n) is 10.3. The van der Waals surface area contributed by atoms with Gasteiger partial charge in [0.15, 0.2) is 0 Å². The normalized spacial score (nSPS) is 21.1. The van der Waals surface area contributed by atoms with Crippen molar-refractivity contribution in [2.75, 3.05) is 46.3 Å². The highest BCUT2D eigenvalue weighted by atomic mass is 79.9. The van der Waals surface area contributed by atoms with Crippen LogP contribution in [0.3, 0.4) is 0 Å². The van der Waals surface area contributed by atoms with Crippen molar-refractivity contribution >= 4 is 27.7 Å². The van der Waals surface area contributed by atoms with E-state index in [1.165, 1.54) is 0 Å². The summed E-state index contributed by atoms with van der Waals surface area (Å²) in [5.74, 6) is 2.33. The van der Waals surface area contributed by atoms with Gasteiger partial charge in [0.05, 0.1) is 0 Å². The zero-order valence-corrected chi connectivity index (χ0v) is 23.2. The summed E-state index contributed by atoms with van der Waals surface area (Å²) in [5, 5.41) is 0. The molecule has 3 heterocycles. The first-order valence-corrected chi connectivity index (χ1v) is 13.8. The Labute approximate surface area is 222 Å². The molecular weight excluding hydrogens is 522 g/mol. The molecule has 0 aliphatic carbocycles. The third-order valence-corrected chi connectivity index (χ3v) is 7.72. The molecule has 196 valence electrons. The number of rotatable bonds is 8. The number of piperidine rings is 1. The lowest BCUT2D eigenvalue weighted by Crippen LogP contribution is -2.51. The topological polar surface area (TPSA) is 70.9 Å². The Bertz CT molecular complexity index is 1030. The SMILES string of the molecule is CC(C)c1nccn1CCC(=O)N1CC[C@H](Oc2cccc(Br)c2)[C@@H](CC(=O)N2CCN(C)CC2)C1. The van der Waals surface area contributed by atoms with Gasteiger partial charge in [0, 0.05) is 93.8 Å². The van der Waals surface area contributed by atoms with Gasteiger partial charge in [-0.05, 0) is 25.2 Å². The van der Waals surface area contributed by atoms with Gasteiger partial charge in [-0.2, -0.15) is 0 Å². The maximum atomic E-state index is 13.2. The number of nitrogens with zero attached hydrogens (tertiary/aromatic N) is 5. The third kappa shape index (κ3) is 6.88. The Kier molecular flexibility index (Phi) is 9.06. The number of halogens is 1. The van der Waals surface area contributed by atoms with Crippen LogP contribution in [-0.4, -0.2) is 88.5 Å². The van der Waals surface area contributed by atoms with E-state index in [2.05, 4.69) is 51.3 Å². The van der Waals surface area contributed by atoms with Crippen LogP contribution in [0.1, 0.15) is 44.9 Å². The van der Waals surface area contributed by atoms with Gasteiger partial charge in [0.25, 0.3) is 0 Å². The molecule has 2 aliphatic rings. The van der Waals surface area contributed by atoms with Gasteiger partial charge in [-0.3, -0.25) is 9.59 Å². The summed E-state index contributed by atoms with van der Waals surface area (Å²) in [6.45, 7) is 9.31. The molecule has 0 radical (unpaired) electrons. The minimum Gasteiger partial charge on any atom is -0.490 e. The molecule has 9 heteroatoms. The van der Waals surface area contributed by atoms with Crippen LogP contribution in [0.2, 0.25) is 0 Å². The van der Waals surface area contributed by atoms with E-state index in [4.69, 9.17) is 4.74 Å². The summed E-state index contributed by atoms with van der Waals surface area (Å²) in [7, 11) is 2.09. The number of benzene rings is 1. The van der Waals surface area contributed by atoms with Crippen LogP contribution in [0, 0.1) is 5.92 Å². The van der Waals surface area contributed by atoms with Crippen LogP contribution in [0.15, 0.2) is 41.1 Å². The molecule has 2 aromatic rings. The van der Waals surface area contributed by atoms with Gasteiger partial charge < -0.3 is 24.0 Å². The number of carbonyl (C=O) groups is 2. The maximum Gasteiger partial charge on any atom is 0.224 e. The summed E-state index contributed by atoms with van der Waals surface area (Å²) in [6, 6.07) is 7.81. The first-order valence-electron chi connectivity index (χ1n) is 13.0. The van der Waals surface area contributed by atoms with Gasteiger partial charge in [-0.1, -0.05) is 35.8 Å². The molecule has 2 fully saturated rings. The third-order valence-electron chi connectivity index (χ3n) is 7.22. The molecule has 1 aromatic heterocycles. The number of imidazole rings is 1. The molecule has 0 N–H and O–H groups in total. The average molecular weight is 561 g/mol. The van der Waals surface area contributed by atoms with Crippen LogP contribution >= 0.6 is 15.9 Å². The van der Waals surface area contributed by atoms with Crippen molar-refractivity contribution in [2.45, 2.75) is 51.7 Å². The number of ether oxygens (including phenoxy) is 1. The van der Waals surface area contributed by atoms with E-state index >= 15 is 0 Å². The van der Waals surface area contributed by atoms with E-state index in [1.54, 1.807) is 6.20 Å². The Hall–Kier alpha value is -2.39. The second kappa shape index (κ2) is 12.2. The number of hydrogen-bond acceptors (Lipinski definition) is 5. The standard InChI is InChI=1S/C27H38BrN5O3/c1-20(2)27-29-9-12-32(27)11-8-25(34)33-10-7-24(36-23-6-4-5-22(28)18-23)21(19-33)17-26(35)31-15-13-30(3)14-16-31/h4-6,9,12,18,20-21,24H,7-8,10-11,13-17,19H2,1-3H3/t21-,24-/m0/s1. The molecule has 36 heavy (non-hydrogen) atoms. The fourth-order valence-corrected chi connectivity index (χ4v) is 5.48. The maximum absolute atomic E-state index is 13.2. The first kappa shape index (κ1) is 26.7. The van der Waals surface area contributed by atoms with Gasteiger partial charge in [0.1, 0.15) is 17.7 Å². The zero-order valence-electron chi connectivity index (χ0n) is 21.6. The van der Waals surface area contributed by atoms with Gasteiger partial charge in [-0.15, -0.1) is 0 Å². The van der Waals surface area contributed by atoms with E-state index in [0.29, 0.717) is 44.8 Å². The summed E-state index contributed by atoms with van der Waals surface area (Å²) < 4.78 is 9.41. The van der Waals surface area contributed by atoms with Crippen molar-refractivity contribution in [2.24, 2.45) is 5.92 Å². The van der Waals surface area contributed by atoms with Gasteiger partial charge in [-0.25, -0.2) is 4.98 Å². The van der Waals surface area contributed by atoms with Crippen molar-refractivity contribution in [3.05, 3.63) is 47.0 Å². The molecular formula is C27H38BrN5O3. The number of likely N-dealkylation sites (N-methyl/N-ethyl adjacent to an activating group) is 1. The smallest absolute Gasteiger partial charge is 0.224 e. The van der Waals surface area contributed by atoms with E-state index in [-0.39, 0.29) is 23.8 Å². The minimum absolute atomic E-state index is 0.0479. The number of aromatic nitrogens is 2. The van der Waals surface area contributed by atoms with Crippen molar-refractivity contribution in [1.82, 2.24) is 24.3 Å². The van der Waals surface area contributed by atoms with Crippen LogP contribution in [0.5, 0.6) is 5.75 Å². The Morgan fingerprint density at radius 3 is 2.61 bits per heavy atom. The first-order chi connectivity index (χ1) is 17.3. The Morgan fingerprint density at radius 1 is 1.11 bits per heavy atom. The molecule has 2 saturated heterocycles. The van der Waals surface area contributed by atoms with Gasteiger partial charge >= 0.3 is 0 Å². The Balaban J connectivity index is 1.41. The molecule has 2 aliphatic heterocycles. The highest BCUT2D eigenvalue weighted by Crippen LogP contribution is 2.28. The van der Waals surface area contributed by atoms with E-state index in [1.807, 2.05) is 40.3 Å². The molecule has 0 spiro atoms. The zero-order chi connectivity index (χ0) is 25.7. The van der Waals surface area contributed by atoms with Crippen LogP contribution in [0.25, 0.3) is 0 Å². The molecule has 2 amide bonds. The van der Waals surface area contributed by atoms with Crippen LogP contribution < -0.4 is 4.74 Å². The Morgan fingerprint density at radius 2 is 1.89 bits per heavy atom. The van der Waals surface area contributed by atoms with E-state index in [9.17, 15) is 9.59 Å². The summed E-state index contributed by atoms with van der Waals surface area (Å²) >= 11 is 3.51. The lowest BCUT2D eigenvalue weighted by Gasteiger charge is -2.40. The molecule has 2 atom stereocenters. The predicted molar refractivity (Wildman–Crippen MR) is 143 cm³/mol. The molecule has 1 aromatic carbocycles. The second-order valence-corrected chi connectivity index (χ2v) is 11.2.